The van der Waals surface area contributed by atoms with Gasteiger partial charge >= 0.3 is 17.9 Å². The van der Waals surface area contributed by atoms with Crippen LogP contribution in [0.15, 0.2) is 48.5 Å². The van der Waals surface area contributed by atoms with Gasteiger partial charge in [-0.05, 0) is 74.5 Å². The number of ether oxygens (including phenoxy) is 3. The Hall–Kier alpha value is -3.12. The second-order valence-corrected chi connectivity index (χ2v) is 10.0. The molecule has 236 valence electrons. The van der Waals surface area contributed by atoms with Gasteiger partial charge in [-0.2, -0.15) is 0 Å². The minimum absolute atomic E-state index is 0.0849. The number of hydrogen-bond donors (Lipinski definition) is 4. The molecular formula is C28H30Cl5NO9. The van der Waals surface area contributed by atoms with Crippen molar-refractivity contribution in [2.45, 2.75) is 26.9 Å². The molecule has 0 aliphatic carbocycles. The molecule has 1 atom stereocenters. The first-order chi connectivity index (χ1) is 20.1. The fourth-order valence-corrected chi connectivity index (χ4v) is 3.80. The third kappa shape index (κ3) is 15.3. The number of carbonyl (C=O) groups is 3. The average molecular weight is 702 g/mol. The lowest BCUT2D eigenvalue weighted by molar-refractivity contribution is -0.144. The Morgan fingerprint density at radius 3 is 1.77 bits per heavy atom. The van der Waals surface area contributed by atoms with Crippen LogP contribution < -0.4 is 19.9 Å². The molecule has 5 N–H and O–H groups in total. The molecule has 3 aromatic rings. The van der Waals surface area contributed by atoms with Gasteiger partial charge in [-0.3, -0.25) is 0 Å². The van der Waals surface area contributed by atoms with Crippen LogP contribution in [0.1, 0.15) is 29.8 Å². The molecule has 0 aliphatic rings. The van der Waals surface area contributed by atoms with E-state index in [4.69, 9.17) is 93.3 Å². The maximum atomic E-state index is 10.7. The molecular weight excluding hydrogens is 672 g/mol. The number of nitrogens with two attached hydrogens (primary N) is 1. The van der Waals surface area contributed by atoms with Crippen molar-refractivity contribution < 1.29 is 43.9 Å². The highest BCUT2D eigenvalue weighted by Gasteiger charge is 2.18. The zero-order valence-electron chi connectivity index (χ0n) is 23.4. The van der Waals surface area contributed by atoms with Crippen molar-refractivity contribution in [3.05, 3.63) is 84.8 Å². The molecule has 0 fully saturated rings. The van der Waals surface area contributed by atoms with Crippen molar-refractivity contribution in [2.24, 2.45) is 5.73 Å². The molecule has 0 heterocycles. The minimum atomic E-state index is -1.16. The summed E-state index contributed by atoms with van der Waals surface area (Å²) >= 11 is 28.4. The minimum Gasteiger partial charge on any atom is -0.494 e. The second-order valence-electron chi connectivity index (χ2n) is 7.92. The SMILES string of the molecule is CCN.COc1c(Cl)ccc(Cl)c1C(=O)O.Cc1cc(Cl)ccc1OC(C)C(=O)O.O=C(O)COc1ccc(Cl)cc1Cl. The van der Waals surface area contributed by atoms with E-state index in [1.54, 1.807) is 24.3 Å². The van der Waals surface area contributed by atoms with Crippen molar-refractivity contribution >= 4 is 75.9 Å². The Kier molecular flexibility index (Phi) is 19.2. The summed E-state index contributed by atoms with van der Waals surface area (Å²) < 4.78 is 14.9. The summed E-state index contributed by atoms with van der Waals surface area (Å²) in [5, 5.41) is 27.5. The summed E-state index contributed by atoms with van der Waals surface area (Å²) in [5.41, 5.74) is 5.56. The molecule has 15 heteroatoms. The van der Waals surface area contributed by atoms with Crippen molar-refractivity contribution in [3.63, 3.8) is 0 Å². The van der Waals surface area contributed by atoms with Gasteiger partial charge in [-0.15, -0.1) is 0 Å². The van der Waals surface area contributed by atoms with E-state index in [2.05, 4.69) is 0 Å². The van der Waals surface area contributed by atoms with E-state index in [1.165, 1.54) is 38.3 Å². The second kappa shape index (κ2) is 20.7. The van der Waals surface area contributed by atoms with Crippen LogP contribution in [-0.4, -0.2) is 59.6 Å². The molecule has 0 amide bonds. The number of rotatable bonds is 8. The van der Waals surface area contributed by atoms with E-state index < -0.39 is 30.6 Å². The fraction of sp³-hybridized carbons (Fsp3) is 0.250. The molecule has 0 aliphatic heterocycles. The van der Waals surface area contributed by atoms with Crippen molar-refractivity contribution in [2.75, 3.05) is 20.3 Å². The molecule has 0 saturated heterocycles. The standard InChI is InChI=1S/C10H11ClO3.2C8H6Cl2O3.C2H7N/c1-6-5-8(11)3-4-9(6)14-7(2)10(12)13;1-13-7-5(10)3-2-4(9)6(7)8(11)12;9-5-1-2-7(6(10)3-5)13-4-8(11)12;1-2-3/h3-5,7H,1-2H3,(H,12,13);2-3H,1H3,(H,11,12);1-3H,4H2,(H,11,12);2-3H2,1H3. The van der Waals surface area contributed by atoms with E-state index in [1.807, 2.05) is 13.8 Å². The Labute approximate surface area is 273 Å². The third-order valence-electron chi connectivity index (χ3n) is 4.51. The van der Waals surface area contributed by atoms with Crippen LogP contribution in [0.3, 0.4) is 0 Å². The summed E-state index contributed by atoms with van der Waals surface area (Å²) in [6.07, 6.45) is -0.852. The maximum absolute atomic E-state index is 10.7. The van der Waals surface area contributed by atoms with Crippen molar-refractivity contribution in [3.8, 4) is 17.2 Å². The Bertz CT molecular complexity index is 1370. The number of aryl methyl sites for hydroxylation is 1. The van der Waals surface area contributed by atoms with Gasteiger partial charge < -0.3 is 35.3 Å². The van der Waals surface area contributed by atoms with Crippen LogP contribution in [-0.2, 0) is 9.59 Å². The molecule has 1 unspecified atom stereocenters. The van der Waals surface area contributed by atoms with Gasteiger partial charge in [0.25, 0.3) is 0 Å². The summed E-state index contributed by atoms with van der Waals surface area (Å²) in [5.74, 6) is -2.26. The number of aliphatic carboxylic acids is 2. The number of methoxy groups -OCH3 is 1. The van der Waals surface area contributed by atoms with Crippen LogP contribution >= 0.6 is 58.0 Å². The van der Waals surface area contributed by atoms with Crippen LogP contribution in [0.25, 0.3) is 0 Å². The molecule has 0 radical (unpaired) electrons. The molecule has 10 nitrogen and oxygen atoms in total. The highest BCUT2D eigenvalue weighted by molar-refractivity contribution is 6.37. The molecule has 3 aromatic carbocycles. The van der Waals surface area contributed by atoms with Crippen LogP contribution in [0, 0.1) is 6.92 Å². The zero-order chi connectivity index (χ0) is 33.3. The Balaban J connectivity index is 0.000000588. The molecule has 3 rings (SSSR count). The van der Waals surface area contributed by atoms with Crippen LogP contribution in [0.4, 0.5) is 0 Å². The summed E-state index contributed by atoms with van der Waals surface area (Å²) in [4.78, 5) is 31.4. The van der Waals surface area contributed by atoms with Gasteiger partial charge in [0.15, 0.2) is 18.5 Å². The maximum Gasteiger partial charge on any atom is 0.344 e. The molecule has 0 aromatic heterocycles. The fourth-order valence-electron chi connectivity index (χ4n) is 2.65. The number of aromatic carboxylic acids is 1. The molecule has 0 bridgehead atoms. The molecule has 43 heavy (non-hydrogen) atoms. The number of benzene rings is 3. The Morgan fingerprint density at radius 2 is 1.35 bits per heavy atom. The van der Waals surface area contributed by atoms with E-state index in [0.717, 1.165) is 12.1 Å². The monoisotopic (exact) mass is 699 g/mol. The predicted octanol–water partition coefficient (Wildman–Crippen LogP) is 7.62. The topological polar surface area (TPSA) is 166 Å². The van der Waals surface area contributed by atoms with Crippen LogP contribution in [0.2, 0.25) is 25.1 Å². The van der Waals surface area contributed by atoms with Gasteiger partial charge in [0, 0.05) is 10.0 Å². The average Bonchev–Trinajstić information content (AvgIpc) is 2.91. The zero-order valence-corrected chi connectivity index (χ0v) is 27.1. The van der Waals surface area contributed by atoms with E-state index in [-0.39, 0.29) is 21.4 Å². The van der Waals surface area contributed by atoms with E-state index >= 15 is 0 Å². The summed E-state index contributed by atoms with van der Waals surface area (Å²) in [6.45, 7) is 5.54. The first-order valence-electron chi connectivity index (χ1n) is 12.0. The Morgan fingerprint density at radius 1 is 0.837 bits per heavy atom. The van der Waals surface area contributed by atoms with Gasteiger partial charge in [0.2, 0.25) is 0 Å². The number of carboxylic acids is 3. The summed E-state index contributed by atoms with van der Waals surface area (Å²) in [7, 11) is 1.34. The van der Waals surface area contributed by atoms with E-state index in [9.17, 15) is 14.4 Å². The first kappa shape index (κ1) is 39.9. The lowest BCUT2D eigenvalue weighted by Gasteiger charge is -2.12. The van der Waals surface area contributed by atoms with Crippen molar-refractivity contribution in [1.29, 1.82) is 0 Å². The van der Waals surface area contributed by atoms with Crippen LogP contribution in [0.5, 0.6) is 17.2 Å². The highest BCUT2D eigenvalue weighted by atomic mass is 35.5. The van der Waals surface area contributed by atoms with E-state index in [0.29, 0.717) is 26.6 Å². The quantitative estimate of drug-likeness (QED) is 0.184. The highest BCUT2D eigenvalue weighted by Crippen LogP contribution is 2.33. The number of carboxylic acid groups (broad SMARTS) is 3. The van der Waals surface area contributed by atoms with Gasteiger partial charge in [0.05, 0.1) is 22.2 Å². The van der Waals surface area contributed by atoms with Gasteiger partial charge in [0.1, 0.15) is 17.1 Å². The van der Waals surface area contributed by atoms with Gasteiger partial charge in [-0.25, -0.2) is 14.4 Å². The predicted molar refractivity (Wildman–Crippen MR) is 168 cm³/mol. The normalized spacial score (nSPS) is 10.3. The number of hydrogen-bond acceptors (Lipinski definition) is 7. The molecule has 0 spiro atoms. The third-order valence-corrected chi connectivity index (χ3v) is 5.89. The molecule has 0 saturated carbocycles. The van der Waals surface area contributed by atoms with Crippen molar-refractivity contribution in [1.82, 2.24) is 0 Å². The smallest absolute Gasteiger partial charge is 0.344 e. The lowest BCUT2D eigenvalue weighted by atomic mass is 10.2. The lowest BCUT2D eigenvalue weighted by Crippen LogP contribution is -2.23. The summed E-state index contributed by atoms with van der Waals surface area (Å²) in [6, 6.07) is 12.5. The first-order valence-corrected chi connectivity index (χ1v) is 13.9. The largest absolute Gasteiger partial charge is 0.494 e. The number of halogens is 5. The van der Waals surface area contributed by atoms with Gasteiger partial charge in [-0.1, -0.05) is 64.9 Å².